The topological polar surface area (TPSA) is 67.0 Å². The Bertz CT molecular complexity index is 734. The van der Waals surface area contributed by atoms with Gasteiger partial charge in [0.15, 0.2) is 0 Å². The van der Waals surface area contributed by atoms with Crippen molar-refractivity contribution in [1.82, 2.24) is 15.5 Å². The van der Waals surface area contributed by atoms with E-state index in [1.165, 1.54) is 0 Å². The third-order valence-corrected chi connectivity index (χ3v) is 4.85. The summed E-state index contributed by atoms with van der Waals surface area (Å²) in [5.74, 6) is -0.113. The maximum atomic E-state index is 12.8. The fourth-order valence-electron chi connectivity index (χ4n) is 3.09. The highest BCUT2D eigenvalue weighted by Crippen LogP contribution is 2.30. The average molecular weight is 362 g/mol. The first-order chi connectivity index (χ1) is 11.8. The number of carbonyl (C=O) groups is 1. The number of ether oxygens (including phenoxy) is 1. The molecule has 1 saturated heterocycles. The van der Waals surface area contributed by atoms with Crippen molar-refractivity contribution in [3.05, 3.63) is 41.0 Å². The van der Waals surface area contributed by atoms with Crippen LogP contribution >= 0.6 is 11.6 Å². The standard InChI is InChI=1S/C19H24ClN3O2/c1-19(2,3)16-10-14(8-9-25-16)22-18(24)15-11-21-23-17(15)12-4-6-13(20)7-5-12/h4-7,11,14,16H,8-10H2,1-3H3,(H,21,23)(H,22,24). The van der Waals surface area contributed by atoms with E-state index in [0.29, 0.717) is 22.9 Å². The molecular formula is C19H24ClN3O2. The highest BCUT2D eigenvalue weighted by atomic mass is 35.5. The molecule has 0 radical (unpaired) electrons. The van der Waals surface area contributed by atoms with E-state index in [0.717, 1.165) is 18.4 Å². The number of carbonyl (C=O) groups excluding carboxylic acids is 1. The molecule has 2 aromatic rings. The second kappa shape index (κ2) is 7.18. The third kappa shape index (κ3) is 4.22. The molecule has 6 heteroatoms. The van der Waals surface area contributed by atoms with Gasteiger partial charge in [-0.1, -0.05) is 44.5 Å². The van der Waals surface area contributed by atoms with Crippen molar-refractivity contribution >= 4 is 17.5 Å². The van der Waals surface area contributed by atoms with E-state index < -0.39 is 0 Å². The molecule has 2 heterocycles. The summed E-state index contributed by atoms with van der Waals surface area (Å²) < 4.78 is 5.87. The first kappa shape index (κ1) is 18.0. The van der Waals surface area contributed by atoms with Crippen molar-refractivity contribution in [1.29, 1.82) is 0 Å². The molecule has 3 rings (SSSR count). The first-order valence-corrected chi connectivity index (χ1v) is 8.94. The van der Waals surface area contributed by atoms with E-state index in [-0.39, 0.29) is 23.5 Å². The van der Waals surface area contributed by atoms with Gasteiger partial charge in [0, 0.05) is 23.2 Å². The van der Waals surface area contributed by atoms with E-state index >= 15 is 0 Å². The minimum Gasteiger partial charge on any atom is -0.378 e. The quantitative estimate of drug-likeness (QED) is 0.866. The van der Waals surface area contributed by atoms with Gasteiger partial charge in [-0.3, -0.25) is 9.89 Å². The minimum atomic E-state index is -0.113. The molecule has 5 nitrogen and oxygen atoms in total. The molecular weight excluding hydrogens is 338 g/mol. The number of nitrogens with one attached hydrogen (secondary N) is 2. The van der Waals surface area contributed by atoms with Crippen molar-refractivity contribution in [3.63, 3.8) is 0 Å². The zero-order valence-electron chi connectivity index (χ0n) is 14.8. The maximum Gasteiger partial charge on any atom is 0.255 e. The minimum absolute atomic E-state index is 0.0630. The molecule has 2 N–H and O–H groups in total. The smallest absolute Gasteiger partial charge is 0.255 e. The van der Waals surface area contributed by atoms with Crippen LogP contribution in [0.1, 0.15) is 44.0 Å². The van der Waals surface area contributed by atoms with Gasteiger partial charge in [-0.15, -0.1) is 0 Å². The average Bonchev–Trinajstić information content (AvgIpc) is 3.05. The van der Waals surface area contributed by atoms with Crippen LogP contribution in [-0.2, 0) is 4.74 Å². The molecule has 2 unspecified atom stereocenters. The second-order valence-electron chi connectivity index (χ2n) is 7.59. The van der Waals surface area contributed by atoms with Crippen molar-refractivity contribution in [2.45, 2.75) is 45.8 Å². The lowest BCUT2D eigenvalue weighted by Gasteiger charge is -2.37. The van der Waals surface area contributed by atoms with Crippen LogP contribution in [0.15, 0.2) is 30.5 Å². The molecule has 1 aromatic carbocycles. The van der Waals surface area contributed by atoms with Crippen molar-refractivity contribution in [2.24, 2.45) is 5.41 Å². The largest absolute Gasteiger partial charge is 0.378 e. The number of H-pyrrole nitrogens is 1. The Morgan fingerprint density at radius 1 is 1.32 bits per heavy atom. The highest BCUT2D eigenvalue weighted by Gasteiger charge is 2.32. The number of aromatic nitrogens is 2. The Morgan fingerprint density at radius 3 is 2.72 bits per heavy atom. The lowest BCUT2D eigenvalue weighted by atomic mass is 9.83. The Hall–Kier alpha value is -1.85. The van der Waals surface area contributed by atoms with Gasteiger partial charge >= 0.3 is 0 Å². The monoisotopic (exact) mass is 361 g/mol. The van der Waals surface area contributed by atoms with Gasteiger partial charge in [-0.2, -0.15) is 5.10 Å². The highest BCUT2D eigenvalue weighted by molar-refractivity contribution is 6.30. The number of hydrogen-bond acceptors (Lipinski definition) is 3. The summed E-state index contributed by atoms with van der Waals surface area (Å²) in [4.78, 5) is 12.8. The predicted octanol–water partition coefficient (Wildman–Crippen LogP) is 4.05. The van der Waals surface area contributed by atoms with Gasteiger partial charge in [-0.25, -0.2) is 0 Å². The van der Waals surface area contributed by atoms with Crippen LogP contribution in [0.5, 0.6) is 0 Å². The van der Waals surface area contributed by atoms with Gasteiger partial charge in [0.1, 0.15) is 0 Å². The number of aromatic amines is 1. The van der Waals surface area contributed by atoms with Crippen LogP contribution in [0.25, 0.3) is 11.3 Å². The number of hydrogen-bond donors (Lipinski definition) is 2. The normalized spacial score (nSPS) is 21.1. The molecule has 0 aliphatic carbocycles. The third-order valence-electron chi connectivity index (χ3n) is 4.60. The Morgan fingerprint density at radius 2 is 2.04 bits per heavy atom. The van der Waals surface area contributed by atoms with E-state index in [1.807, 2.05) is 12.1 Å². The molecule has 0 saturated carbocycles. The Labute approximate surface area is 153 Å². The molecule has 134 valence electrons. The summed E-state index contributed by atoms with van der Waals surface area (Å²) in [6.45, 7) is 7.16. The zero-order valence-corrected chi connectivity index (χ0v) is 15.6. The zero-order chi connectivity index (χ0) is 18.0. The second-order valence-corrected chi connectivity index (χ2v) is 8.02. The summed E-state index contributed by atoms with van der Waals surface area (Å²) >= 11 is 5.94. The number of nitrogens with zero attached hydrogens (tertiary/aromatic N) is 1. The van der Waals surface area contributed by atoms with Gasteiger partial charge in [0.05, 0.1) is 23.6 Å². The summed E-state index contributed by atoms with van der Waals surface area (Å²) in [5, 5.41) is 10.8. The van der Waals surface area contributed by atoms with E-state index in [9.17, 15) is 4.79 Å². The van der Waals surface area contributed by atoms with Crippen molar-refractivity contribution in [3.8, 4) is 11.3 Å². The lowest BCUT2D eigenvalue weighted by molar-refractivity contribution is -0.0569. The number of benzene rings is 1. The molecule has 1 fully saturated rings. The Balaban J connectivity index is 1.72. The van der Waals surface area contributed by atoms with Crippen molar-refractivity contribution < 1.29 is 9.53 Å². The SMILES string of the molecule is CC(C)(C)C1CC(NC(=O)c2cn[nH]c2-c2ccc(Cl)cc2)CCO1. The van der Waals surface area contributed by atoms with Gasteiger partial charge in [0.25, 0.3) is 5.91 Å². The van der Waals surface area contributed by atoms with Gasteiger partial charge < -0.3 is 10.1 Å². The van der Waals surface area contributed by atoms with Crippen LogP contribution in [0.3, 0.4) is 0 Å². The van der Waals surface area contributed by atoms with Gasteiger partial charge in [0.2, 0.25) is 0 Å². The van der Waals surface area contributed by atoms with Gasteiger partial charge in [-0.05, 0) is 30.4 Å². The summed E-state index contributed by atoms with van der Waals surface area (Å²) in [5.41, 5.74) is 2.19. The summed E-state index contributed by atoms with van der Waals surface area (Å²) in [6.07, 6.45) is 3.36. The fourth-order valence-corrected chi connectivity index (χ4v) is 3.22. The summed E-state index contributed by atoms with van der Waals surface area (Å²) in [6, 6.07) is 7.45. The molecule has 1 amide bonds. The first-order valence-electron chi connectivity index (χ1n) is 8.56. The van der Waals surface area contributed by atoms with E-state index in [2.05, 4.69) is 36.3 Å². The molecule has 1 aliphatic rings. The molecule has 0 spiro atoms. The Kier molecular flexibility index (Phi) is 5.16. The predicted molar refractivity (Wildman–Crippen MR) is 98.7 cm³/mol. The fraction of sp³-hybridized carbons (Fsp3) is 0.474. The molecule has 2 atom stereocenters. The van der Waals surface area contributed by atoms with Crippen LogP contribution in [-0.4, -0.2) is 34.9 Å². The maximum absolute atomic E-state index is 12.8. The number of halogens is 1. The van der Waals surface area contributed by atoms with E-state index in [1.54, 1.807) is 18.3 Å². The molecule has 25 heavy (non-hydrogen) atoms. The molecule has 1 aromatic heterocycles. The molecule has 1 aliphatic heterocycles. The van der Waals surface area contributed by atoms with Crippen LogP contribution in [0.4, 0.5) is 0 Å². The summed E-state index contributed by atoms with van der Waals surface area (Å²) in [7, 11) is 0. The van der Waals surface area contributed by atoms with Crippen molar-refractivity contribution in [2.75, 3.05) is 6.61 Å². The van der Waals surface area contributed by atoms with Crippen LogP contribution < -0.4 is 5.32 Å². The lowest BCUT2D eigenvalue weighted by Crippen LogP contribution is -2.45. The van der Waals surface area contributed by atoms with E-state index in [4.69, 9.17) is 16.3 Å². The van der Waals surface area contributed by atoms with Crippen LogP contribution in [0, 0.1) is 5.41 Å². The number of rotatable bonds is 3. The van der Waals surface area contributed by atoms with Crippen LogP contribution in [0.2, 0.25) is 5.02 Å². The molecule has 0 bridgehead atoms. The number of amides is 1.